The van der Waals surface area contributed by atoms with Crippen LogP contribution in [0.1, 0.15) is 12.1 Å². The second kappa shape index (κ2) is 6.00. The van der Waals surface area contributed by atoms with Crippen molar-refractivity contribution in [3.63, 3.8) is 0 Å². The first kappa shape index (κ1) is 12.4. The molecule has 2 rings (SSSR count). The smallest absolute Gasteiger partial charge is 0.137 e. The van der Waals surface area contributed by atoms with Crippen molar-refractivity contribution in [2.45, 2.75) is 13.0 Å². The molecule has 92 valence electrons. The highest BCUT2D eigenvalue weighted by Crippen LogP contribution is 2.11. The van der Waals surface area contributed by atoms with Gasteiger partial charge in [0.25, 0.3) is 0 Å². The van der Waals surface area contributed by atoms with E-state index in [4.69, 9.17) is 16.3 Å². The van der Waals surface area contributed by atoms with Gasteiger partial charge in [0.05, 0.1) is 10.7 Å². The predicted octanol–water partition coefficient (Wildman–Crippen LogP) is 2.11. The zero-order chi connectivity index (χ0) is 12.1. The van der Waals surface area contributed by atoms with Crippen LogP contribution < -0.4 is 5.32 Å². The van der Waals surface area contributed by atoms with Gasteiger partial charge >= 0.3 is 0 Å². The lowest BCUT2D eigenvalue weighted by Gasteiger charge is -2.00. The molecular formula is C12H16ClN3O. The Labute approximate surface area is 106 Å². The van der Waals surface area contributed by atoms with Crippen LogP contribution in [0, 0.1) is 0 Å². The number of hydrogen-bond donors (Lipinski definition) is 1. The highest BCUT2D eigenvalue weighted by atomic mass is 35.5. The number of ether oxygens (including phenoxy) is 1. The number of rotatable bonds is 6. The van der Waals surface area contributed by atoms with E-state index in [9.17, 15) is 0 Å². The van der Waals surface area contributed by atoms with Crippen LogP contribution in [0.25, 0.3) is 5.65 Å². The quantitative estimate of drug-likeness (QED) is 0.802. The SMILES string of the molecule is COCCCNCc1cn2cc(Cl)ccc2n1. The zero-order valence-corrected chi connectivity index (χ0v) is 10.6. The third kappa shape index (κ3) is 3.43. The summed E-state index contributed by atoms with van der Waals surface area (Å²) < 4.78 is 6.92. The molecule has 2 aromatic rings. The van der Waals surface area contributed by atoms with Gasteiger partial charge in [-0.05, 0) is 25.1 Å². The van der Waals surface area contributed by atoms with E-state index in [-0.39, 0.29) is 0 Å². The summed E-state index contributed by atoms with van der Waals surface area (Å²) in [7, 11) is 1.71. The van der Waals surface area contributed by atoms with Gasteiger partial charge in [0.1, 0.15) is 5.65 Å². The Morgan fingerprint density at radius 3 is 3.12 bits per heavy atom. The summed E-state index contributed by atoms with van der Waals surface area (Å²) >= 11 is 5.91. The number of hydrogen-bond acceptors (Lipinski definition) is 3. The van der Waals surface area contributed by atoms with Crippen molar-refractivity contribution >= 4 is 17.2 Å². The highest BCUT2D eigenvalue weighted by Gasteiger charge is 2.01. The molecule has 0 spiro atoms. The van der Waals surface area contributed by atoms with E-state index in [1.165, 1.54) is 0 Å². The first-order chi connectivity index (χ1) is 8.29. The molecule has 2 aromatic heterocycles. The van der Waals surface area contributed by atoms with E-state index in [1.807, 2.05) is 28.9 Å². The number of pyridine rings is 1. The Kier molecular flexibility index (Phi) is 4.36. The second-order valence-corrected chi connectivity index (χ2v) is 4.30. The van der Waals surface area contributed by atoms with Crippen LogP contribution in [-0.4, -0.2) is 29.6 Å². The minimum Gasteiger partial charge on any atom is -0.385 e. The molecule has 17 heavy (non-hydrogen) atoms. The number of imidazole rings is 1. The number of aromatic nitrogens is 2. The summed E-state index contributed by atoms with van der Waals surface area (Å²) in [6.07, 6.45) is 4.86. The standard InChI is InChI=1S/C12H16ClN3O/c1-17-6-2-5-14-7-11-9-16-8-10(13)3-4-12(16)15-11/h3-4,8-9,14H,2,5-7H2,1H3. The summed E-state index contributed by atoms with van der Waals surface area (Å²) in [6, 6.07) is 3.76. The summed E-state index contributed by atoms with van der Waals surface area (Å²) in [6.45, 7) is 2.49. The van der Waals surface area contributed by atoms with Crippen molar-refractivity contribution in [3.8, 4) is 0 Å². The van der Waals surface area contributed by atoms with Gasteiger partial charge in [-0.2, -0.15) is 0 Å². The fourth-order valence-corrected chi connectivity index (χ4v) is 1.83. The fourth-order valence-electron chi connectivity index (χ4n) is 1.66. The number of nitrogens with zero attached hydrogens (tertiary/aromatic N) is 2. The van der Waals surface area contributed by atoms with Crippen molar-refractivity contribution in [2.24, 2.45) is 0 Å². The van der Waals surface area contributed by atoms with E-state index in [0.29, 0.717) is 0 Å². The second-order valence-electron chi connectivity index (χ2n) is 3.87. The van der Waals surface area contributed by atoms with Crippen molar-refractivity contribution in [1.29, 1.82) is 0 Å². The summed E-state index contributed by atoms with van der Waals surface area (Å²) in [5.41, 5.74) is 1.94. The first-order valence-electron chi connectivity index (χ1n) is 5.62. The number of nitrogens with one attached hydrogen (secondary N) is 1. The van der Waals surface area contributed by atoms with Crippen molar-refractivity contribution in [2.75, 3.05) is 20.3 Å². The Morgan fingerprint density at radius 2 is 2.29 bits per heavy atom. The molecular weight excluding hydrogens is 238 g/mol. The molecule has 0 unspecified atom stereocenters. The molecule has 0 aliphatic carbocycles. The number of halogens is 1. The molecule has 0 aliphatic heterocycles. The fraction of sp³-hybridized carbons (Fsp3) is 0.417. The lowest BCUT2D eigenvalue weighted by atomic mass is 10.4. The lowest BCUT2D eigenvalue weighted by Crippen LogP contribution is -2.16. The molecule has 0 aliphatic rings. The normalized spacial score (nSPS) is 11.2. The molecule has 0 amide bonds. The van der Waals surface area contributed by atoms with Gasteiger partial charge in [-0.3, -0.25) is 0 Å². The average molecular weight is 254 g/mol. The minimum atomic E-state index is 0.717. The Balaban J connectivity index is 1.91. The van der Waals surface area contributed by atoms with Crippen LogP contribution in [-0.2, 0) is 11.3 Å². The molecule has 0 bridgehead atoms. The monoisotopic (exact) mass is 253 g/mol. The number of fused-ring (bicyclic) bond motifs is 1. The van der Waals surface area contributed by atoms with Crippen molar-refractivity contribution in [1.82, 2.24) is 14.7 Å². The number of methoxy groups -OCH3 is 1. The van der Waals surface area contributed by atoms with E-state index in [1.54, 1.807) is 7.11 Å². The summed E-state index contributed by atoms with van der Waals surface area (Å²) in [5.74, 6) is 0. The lowest BCUT2D eigenvalue weighted by molar-refractivity contribution is 0.194. The average Bonchev–Trinajstić information content (AvgIpc) is 2.70. The van der Waals surface area contributed by atoms with Gasteiger partial charge in [0.15, 0.2) is 0 Å². The predicted molar refractivity (Wildman–Crippen MR) is 68.4 cm³/mol. The Morgan fingerprint density at radius 1 is 1.41 bits per heavy atom. The van der Waals surface area contributed by atoms with Crippen LogP contribution in [0.5, 0.6) is 0 Å². The van der Waals surface area contributed by atoms with Crippen molar-refractivity contribution < 1.29 is 4.74 Å². The van der Waals surface area contributed by atoms with Crippen LogP contribution in [0.4, 0.5) is 0 Å². The van der Waals surface area contributed by atoms with Gasteiger partial charge in [-0.1, -0.05) is 11.6 Å². The molecule has 4 nitrogen and oxygen atoms in total. The maximum absolute atomic E-state index is 5.91. The molecule has 0 atom stereocenters. The third-order valence-electron chi connectivity index (χ3n) is 2.47. The molecule has 0 saturated carbocycles. The van der Waals surface area contributed by atoms with Gasteiger partial charge in [-0.25, -0.2) is 4.98 Å². The molecule has 0 radical (unpaired) electrons. The first-order valence-corrected chi connectivity index (χ1v) is 6.00. The van der Waals surface area contributed by atoms with Crippen LogP contribution in [0.3, 0.4) is 0 Å². The Bertz CT molecular complexity index is 484. The molecule has 2 heterocycles. The maximum atomic E-state index is 5.91. The zero-order valence-electron chi connectivity index (χ0n) is 9.82. The highest BCUT2D eigenvalue weighted by molar-refractivity contribution is 6.30. The van der Waals surface area contributed by atoms with Crippen molar-refractivity contribution in [3.05, 3.63) is 35.2 Å². The maximum Gasteiger partial charge on any atom is 0.137 e. The van der Waals surface area contributed by atoms with Crippen LogP contribution >= 0.6 is 11.6 Å². The summed E-state index contributed by atoms with van der Waals surface area (Å²) in [5, 5.41) is 4.04. The minimum absolute atomic E-state index is 0.717. The molecule has 0 saturated heterocycles. The Hall–Kier alpha value is -1.10. The molecule has 1 N–H and O–H groups in total. The van der Waals surface area contributed by atoms with Crippen LogP contribution in [0.2, 0.25) is 5.02 Å². The van der Waals surface area contributed by atoms with Gasteiger partial charge in [0, 0.05) is 32.7 Å². The topological polar surface area (TPSA) is 38.6 Å². The molecule has 0 aromatic carbocycles. The van der Waals surface area contributed by atoms with E-state index in [0.717, 1.165) is 42.5 Å². The molecule has 0 fully saturated rings. The van der Waals surface area contributed by atoms with Gasteiger partial charge < -0.3 is 14.5 Å². The van der Waals surface area contributed by atoms with Crippen LogP contribution in [0.15, 0.2) is 24.5 Å². The van der Waals surface area contributed by atoms with Gasteiger partial charge in [-0.15, -0.1) is 0 Å². The van der Waals surface area contributed by atoms with E-state index in [2.05, 4.69) is 10.3 Å². The third-order valence-corrected chi connectivity index (χ3v) is 2.70. The largest absolute Gasteiger partial charge is 0.385 e. The van der Waals surface area contributed by atoms with Gasteiger partial charge in [0.2, 0.25) is 0 Å². The van der Waals surface area contributed by atoms with E-state index >= 15 is 0 Å². The summed E-state index contributed by atoms with van der Waals surface area (Å²) in [4.78, 5) is 4.48. The molecule has 5 heteroatoms. The van der Waals surface area contributed by atoms with E-state index < -0.39 is 0 Å².